The van der Waals surface area contributed by atoms with Gasteiger partial charge in [-0.3, -0.25) is 4.79 Å². The summed E-state index contributed by atoms with van der Waals surface area (Å²) >= 11 is 0. The number of benzene rings is 1. The van der Waals surface area contributed by atoms with Crippen molar-refractivity contribution in [3.05, 3.63) is 29.6 Å². The molecular weight excluding hydrogens is 419 g/mol. The highest BCUT2D eigenvalue weighted by molar-refractivity contribution is 5.94. The number of hydrogen-bond donors (Lipinski definition) is 6. The fourth-order valence-corrected chi connectivity index (χ4v) is 3.47. The number of ether oxygens (including phenoxy) is 2. The van der Waals surface area contributed by atoms with E-state index in [2.05, 4.69) is 10.6 Å². The fraction of sp³-hybridized carbons (Fsp3) is 0.526. The van der Waals surface area contributed by atoms with E-state index in [-0.39, 0.29) is 11.3 Å². The van der Waals surface area contributed by atoms with Gasteiger partial charge in [0.25, 0.3) is 5.91 Å². The third kappa shape index (κ3) is 4.32. The van der Waals surface area contributed by atoms with Crippen molar-refractivity contribution in [2.75, 3.05) is 12.4 Å². The second-order valence-electron chi connectivity index (χ2n) is 7.47. The molecular formula is C19H23FN2O9. The Labute approximate surface area is 175 Å². The van der Waals surface area contributed by atoms with Crippen LogP contribution in [0.25, 0.3) is 0 Å². The number of aliphatic hydroxyl groups excluding tert-OH is 3. The van der Waals surface area contributed by atoms with Gasteiger partial charge in [0, 0.05) is 12.7 Å². The SMILES string of the molecule is CNC(=O)c1ccc(NC2(C(=O)O[C@@H]3O[C@H](C(=O)O)[C@@H](O)[C@H](O)[C@H]3O)CCC2)cc1F. The number of esters is 1. The lowest BCUT2D eigenvalue weighted by molar-refractivity contribution is -0.288. The average molecular weight is 442 g/mol. The van der Waals surface area contributed by atoms with Crippen LogP contribution in [0.5, 0.6) is 0 Å². The van der Waals surface area contributed by atoms with Crippen molar-refractivity contribution >= 4 is 23.5 Å². The summed E-state index contributed by atoms with van der Waals surface area (Å²) in [5.74, 6) is -3.94. The van der Waals surface area contributed by atoms with Crippen molar-refractivity contribution in [3.63, 3.8) is 0 Å². The Morgan fingerprint density at radius 1 is 1.16 bits per heavy atom. The molecule has 2 fully saturated rings. The molecule has 2 aliphatic rings. The van der Waals surface area contributed by atoms with Gasteiger partial charge >= 0.3 is 11.9 Å². The number of anilines is 1. The Kier molecular flexibility index (Phi) is 6.46. The van der Waals surface area contributed by atoms with Crippen molar-refractivity contribution in [2.45, 2.75) is 55.5 Å². The van der Waals surface area contributed by atoms with Gasteiger partial charge in [-0.15, -0.1) is 0 Å². The van der Waals surface area contributed by atoms with Crippen LogP contribution < -0.4 is 10.6 Å². The molecule has 0 unspecified atom stereocenters. The van der Waals surface area contributed by atoms with E-state index in [0.29, 0.717) is 19.3 Å². The molecule has 31 heavy (non-hydrogen) atoms. The molecule has 12 heteroatoms. The van der Waals surface area contributed by atoms with Crippen molar-refractivity contribution in [2.24, 2.45) is 0 Å². The van der Waals surface area contributed by atoms with Gasteiger partial charge in [-0.1, -0.05) is 0 Å². The van der Waals surface area contributed by atoms with E-state index in [9.17, 15) is 34.1 Å². The molecule has 0 bridgehead atoms. The molecule has 170 valence electrons. The largest absolute Gasteiger partial charge is 0.479 e. The molecule has 3 rings (SSSR count). The minimum Gasteiger partial charge on any atom is -0.479 e. The molecule has 1 aromatic rings. The van der Waals surface area contributed by atoms with Crippen LogP contribution in [0, 0.1) is 5.82 Å². The number of carboxylic acid groups (broad SMARTS) is 1. The third-order valence-corrected chi connectivity index (χ3v) is 5.46. The van der Waals surface area contributed by atoms with E-state index in [4.69, 9.17) is 14.6 Å². The Balaban J connectivity index is 1.74. The van der Waals surface area contributed by atoms with Crippen LogP contribution in [0.3, 0.4) is 0 Å². The number of aliphatic hydroxyl groups is 3. The molecule has 1 aromatic carbocycles. The first-order chi connectivity index (χ1) is 14.6. The first-order valence-corrected chi connectivity index (χ1v) is 9.53. The van der Waals surface area contributed by atoms with Crippen molar-refractivity contribution in [3.8, 4) is 0 Å². The van der Waals surface area contributed by atoms with E-state index in [0.717, 1.165) is 6.07 Å². The smallest absolute Gasteiger partial charge is 0.335 e. The summed E-state index contributed by atoms with van der Waals surface area (Å²) in [5.41, 5.74) is -1.28. The summed E-state index contributed by atoms with van der Waals surface area (Å²) in [5, 5.41) is 43.9. The van der Waals surface area contributed by atoms with E-state index in [1.54, 1.807) is 0 Å². The average Bonchev–Trinajstić information content (AvgIpc) is 2.70. The fourth-order valence-electron chi connectivity index (χ4n) is 3.47. The number of halogens is 1. The van der Waals surface area contributed by atoms with Crippen LogP contribution in [0.2, 0.25) is 0 Å². The number of rotatable bonds is 6. The Hall–Kier alpha value is -2.80. The van der Waals surface area contributed by atoms with Gasteiger partial charge < -0.3 is 40.5 Å². The highest BCUT2D eigenvalue weighted by Gasteiger charge is 2.52. The third-order valence-electron chi connectivity index (χ3n) is 5.46. The maximum Gasteiger partial charge on any atom is 0.335 e. The minimum absolute atomic E-state index is 0.177. The molecule has 0 spiro atoms. The number of amides is 1. The van der Waals surface area contributed by atoms with Gasteiger partial charge in [-0.05, 0) is 37.5 Å². The molecule has 1 heterocycles. The predicted molar refractivity (Wildman–Crippen MR) is 100 cm³/mol. The lowest BCUT2D eigenvalue weighted by Gasteiger charge is -2.43. The van der Waals surface area contributed by atoms with E-state index < -0.39 is 59.9 Å². The monoisotopic (exact) mass is 442 g/mol. The summed E-state index contributed by atoms with van der Waals surface area (Å²) in [4.78, 5) is 35.6. The molecule has 0 radical (unpaired) electrons. The minimum atomic E-state index is -1.92. The van der Waals surface area contributed by atoms with Crippen LogP contribution >= 0.6 is 0 Å². The zero-order valence-corrected chi connectivity index (χ0v) is 16.4. The van der Waals surface area contributed by atoms with Crippen LogP contribution in [0.15, 0.2) is 18.2 Å². The molecule has 6 N–H and O–H groups in total. The molecule has 1 aliphatic carbocycles. The standard InChI is InChI=1S/C19H23FN2O9/c1-21-15(26)9-4-3-8(7-10(9)20)22-19(5-2-6-19)18(29)31-17-13(25)11(23)12(24)14(30-17)16(27)28/h3-4,7,11-14,17,22-25H,2,5-6H2,1H3,(H,21,26)(H,27,28)/t11-,12-,13+,14-,17-/m0/s1. The first kappa shape index (κ1) is 22.9. The summed E-state index contributed by atoms with van der Waals surface area (Å²) in [7, 11) is 1.36. The number of aliphatic carboxylic acids is 1. The van der Waals surface area contributed by atoms with Gasteiger partial charge in [0.15, 0.2) is 6.10 Å². The molecule has 1 aliphatic heterocycles. The Bertz CT molecular complexity index is 876. The summed E-state index contributed by atoms with van der Waals surface area (Å²) in [6.07, 6.45) is -8.23. The lowest BCUT2D eigenvalue weighted by atomic mass is 9.76. The van der Waals surface area contributed by atoms with Crippen LogP contribution in [-0.4, -0.2) is 81.6 Å². The summed E-state index contributed by atoms with van der Waals surface area (Å²) < 4.78 is 24.3. The van der Waals surface area contributed by atoms with Crippen LogP contribution in [0.1, 0.15) is 29.6 Å². The summed E-state index contributed by atoms with van der Waals surface area (Å²) in [6, 6.07) is 3.70. The van der Waals surface area contributed by atoms with E-state index in [1.807, 2.05) is 0 Å². The Morgan fingerprint density at radius 3 is 2.35 bits per heavy atom. The topological polar surface area (TPSA) is 175 Å². The van der Waals surface area contributed by atoms with Gasteiger partial charge in [0.05, 0.1) is 5.56 Å². The lowest BCUT2D eigenvalue weighted by Crippen LogP contribution is -2.62. The van der Waals surface area contributed by atoms with Crippen LogP contribution in [-0.2, 0) is 19.1 Å². The normalized spacial score (nSPS) is 29.4. The van der Waals surface area contributed by atoms with Gasteiger partial charge in [-0.25, -0.2) is 14.0 Å². The van der Waals surface area contributed by atoms with E-state index >= 15 is 0 Å². The summed E-state index contributed by atoms with van der Waals surface area (Å²) in [6.45, 7) is 0. The zero-order chi connectivity index (χ0) is 22.9. The van der Waals surface area contributed by atoms with Crippen molar-refractivity contribution in [1.29, 1.82) is 0 Å². The Morgan fingerprint density at radius 2 is 1.84 bits per heavy atom. The molecule has 0 aromatic heterocycles. The number of carbonyl (C=O) groups is 3. The van der Waals surface area contributed by atoms with E-state index in [1.165, 1.54) is 19.2 Å². The quantitative estimate of drug-likeness (QED) is 0.298. The molecule has 1 amide bonds. The van der Waals surface area contributed by atoms with Gasteiger partial charge in [0.2, 0.25) is 6.29 Å². The van der Waals surface area contributed by atoms with Crippen molar-refractivity contribution < 1.29 is 48.7 Å². The van der Waals surface area contributed by atoms with Gasteiger partial charge in [-0.2, -0.15) is 0 Å². The molecule has 5 atom stereocenters. The first-order valence-electron chi connectivity index (χ1n) is 9.53. The highest BCUT2D eigenvalue weighted by atomic mass is 19.1. The second kappa shape index (κ2) is 8.75. The number of hydrogen-bond acceptors (Lipinski definition) is 9. The van der Waals surface area contributed by atoms with Gasteiger partial charge in [0.1, 0.15) is 29.7 Å². The maximum absolute atomic E-state index is 14.2. The number of carboxylic acids is 1. The predicted octanol–water partition coefficient (Wildman–Crippen LogP) is -1.04. The number of nitrogens with one attached hydrogen (secondary N) is 2. The zero-order valence-electron chi connectivity index (χ0n) is 16.4. The number of carbonyl (C=O) groups excluding carboxylic acids is 2. The highest BCUT2D eigenvalue weighted by Crippen LogP contribution is 2.38. The maximum atomic E-state index is 14.2. The second-order valence-corrected chi connectivity index (χ2v) is 7.47. The van der Waals surface area contributed by atoms with Crippen LogP contribution in [0.4, 0.5) is 10.1 Å². The molecule has 11 nitrogen and oxygen atoms in total. The van der Waals surface area contributed by atoms with Crippen molar-refractivity contribution in [1.82, 2.24) is 5.32 Å². The molecule has 1 saturated carbocycles. The molecule has 1 saturated heterocycles.